The molecule has 0 aliphatic heterocycles. The fraction of sp³-hybridized carbons (Fsp3) is 0.667. The van der Waals surface area contributed by atoms with Crippen molar-refractivity contribution in [2.75, 3.05) is 0 Å². The Hall–Kier alpha value is -0.830. The molecule has 1 aromatic rings. The van der Waals surface area contributed by atoms with Crippen molar-refractivity contribution < 1.29 is 5.11 Å². The SMILES string of the molecule is CCC(C)C(O)c1cn(C)cn1. The zero-order valence-electron chi connectivity index (χ0n) is 7.86. The highest BCUT2D eigenvalue weighted by Gasteiger charge is 2.16. The molecule has 0 bridgehead atoms. The highest BCUT2D eigenvalue weighted by Crippen LogP contribution is 2.21. The second kappa shape index (κ2) is 3.72. The van der Waals surface area contributed by atoms with Crippen LogP contribution in [-0.4, -0.2) is 14.7 Å². The first-order valence-electron chi connectivity index (χ1n) is 4.31. The summed E-state index contributed by atoms with van der Waals surface area (Å²) in [6.45, 7) is 4.09. The third kappa shape index (κ3) is 1.85. The van der Waals surface area contributed by atoms with E-state index in [9.17, 15) is 5.11 Å². The largest absolute Gasteiger partial charge is 0.386 e. The van der Waals surface area contributed by atoms with Crippen LogP contribution in [0.5, 0.6) is 0 Å². The summed E-state index contributed by atoms with van der Waals surface area (Å²) in [5, 5.41) is 9.73. The first kappa shape index (κ1) is 9.26. The molecule has 1 N–H and O–H groups in total. The van der Waals surface area contributed by atoms with Gasteiger partial charge >= 0.3 is 0 Å². The number of aromatic nitrogens is 2. The number of aryl methyl sites for hydroxylation is 1. The average Bonchev–Trinajstić information content (AvgIpc) is 2.49. The van der Waals surface area contributed by atoms with Gasteiger partial charge < -0.3 is 9.67 Å². The molecule has 68 valence electrons. The molecule has 1 rings (SSSR count). The molecule has 3 heteroatoms. The minimum atomic E-state index is -0.420. The van der Waals surface area contributed by atoms with Crippen molar-refractivity contribution in [3.63, 3.8) is 0 Å². The molecule has 0 fully saturated rings. The first-order chi connectivity index (χ1) is 5.65. The number of nitrogens with zero attached hydrogens (tertiary/aromatic N) is 2. The smallest absolute Gasteiger partial charge is 0.100 e. The lowest BCUT2D eigenvalue weighted by atomic mass is 10.00. The average molecular weight is 168 g/mol. The zero-order valence-corrected chi connectivity index (χ0v) is 7.86. The van der Waals surface area contributed by atoms with Crippen LogP contribution in [0.4, 0.5) is 0 Å². The Morgan fingerprint density at radius 1 is 1.67 bits per heavy atom. The van der Waals surface area contributed by atoms with E-state index in [1.165, 1.54) is 0 Å². The van der Waals surface area contributed by atoms with E-state index in [1.807, 2.05) is 24.7 Å². The van der Waals surface area contributed by atoms with Crippen LogP contribution in [0.2, 0.25) is 0 Å². The molecule has 0 aliphatic rings. The van der Waals surface area contributed by atoms with E-state index < -0.39 is 6.10 Å². The van der Waals surface area contributed by atoms with E-state index in [1.54, 1.807) is 6.33 Å². The van der Waals surface area contributed by atoms with Crippen molar-refractivity contribution in [3.8, 4) is 0 Å². The molecular weight excluding hydrogens is 152 g/mol. The maximum Gasteiger partial charge on any atom is 0.100 e. The van der Waals surface area contributed by atoms with Crippen LogP contribution in [-0.2, 0) is 7.05 Å². The number of imidazole rings is 1. The monoisotopic (exact) mass is 168 g/mol. The van der Waals surface area contributed by atoms with Gasteiger partial charge in [-0.05, 0) is 5.92 Å². The van der Waals surface area contributed by atoms with Crippen LogP contribution in [0.25, 0.3) is 0 Å². The van der Waals surface area contributed by atoms with E-state index in [0.717, 1.165) is 12.1 Å². The Morgan fingerprint density at radius 2 is 2.33 bits per heavy atom. The summed E-state index contributed by atoms with van der Waals surface area (Å²) in [5.74, 6) is 0.278. The number of hydrogen-bond donors (Lipinski definition) is 1. The third-order valence-corrected chi connectivity index (χ3v) is 2.21. The number of rotatable bonds is 3. The van der Waals surface area contributed by atoms with Gasteiger partial charge in [0.05, 0.1) is 12.0 Å². The molecule has 0 aromatic carbocycles. The number of aliphatic hydroxyl groups excluding tert-OH is 1. The summed E-state index contributed by atoms with van der Waals surface area (Å²) in [7, 11) is 1.90. The van der Waals surface area contributed by atoms with Crippen molar-refractivity contribution >= 4 is 0 Å². The molecule has 0 radical (unpaired) electrons. The maximum atomic E-state index is 9.73. The quantitative estimate of drug-likeness (QED) is 0.742. The normalized spacial score (nSPS) is 16.0. The van der Waals surface area contributed by atoms with E-state index in [-0.39, 0.29) is 5.92 Å². The van der Waals surface area contributed by atoms with Crippen LogP contribution in [0.1, 0.15) is 32.1 Å². The molecule has 0 saturated heterocycles. The Bertz CT molecular complexity index is 244. The summed E-state index contributed by atoms with van der Waals surface area (Å²) in [6, 6.07) is 0. The van der Waals surface area contributed by atoms with Crippen molar-refractivity contribution in [1.29, 1.82) is 0 Å². The predicted octanol–water partition coefficient (Wildman–Crippen LogP) is 1.50. The number of aliphatic hydroxyl groups is 1. The van der Waals surface area contributed by atoms with Gasteiger partial charge in [-0.1, -0.05) is 20.3 Å². The van der Waals surface area contributed by atoms with Crippen molar-refractivity contribution in [3.05, 3.63) is 18.2 Å². The predicted molar refractivity (Wildman–Crippen MR) is 47.6 cm³/mol. The van der Waals surface area contributed by atoms with E-state index in [4.69, 9.17) is 0 Å². The van der Waals surface area contributed by atoms with E-state index >= 15 is 0 Å². The van der Waals surface area contributed by atoms with Gasteiger partial charge in [0.2, 0.25) is 0 Å². The molecular formula is C9H16N2O. The molecule has 3 nitrogen and oxygen atoms in total. The van der Waals surface area contributed by atoms with E-state index in [0.29, 0.717) is 0 Å². The fourth-order valence-electron chi connectivity index (χ4n) is 1.10. The molecule has 0 amide bonds. The van der Waals surface area contributed by atoms with Gasteiger partial charge in [-0.25, -0.2) is 4.98 Å². The van der Waals surface area contributed by atoms with Crippen molar-refractivity contribution in [2.24, 2.45) is 13.0 Å². The molecule has 2 atom stereocenters. The lowest BCUT2D eigenvalue weighted by Gasteiger charge is -2.14. The van der Waals surface area contributed by atoms with Gasteiger partial charge in [0.15, 0.2) is 0 Å². The zero-order chi connectivity index (χ0) is 9.14. The Labute approximate surface area is 73.1 Å². The highest BCUT2D eigenvalue weighted by molar-refractivity contribution is 5.01. The summed E-state index contributed by atoms with van der Waals surface area (Å²) >= 11 is 0. The summed E-state index contributed by atoms with van der Waals surface area (Å²) < 4.78 is 1.85. The van der Waals surface area contributed by atoms with Gasteiger partial charge in [0.25, 0.3) is 0 Å². The van der Waals surface area contributed by atoms with Crippen LogP contribution < -0.4 is 0 Å². The minimum Gasteiger partial charge on any atom is -0.386 e. The summed E-state index contributed by atoms with van der Waals surface area (Å²) in [4.78, 5) is 4.10. The minimum absolute atomic E-state index is 0.278. The first-order valence-corrected chi connectivity index (χ1v) is 4.31. The molecule has 0 saturated carbocycles. The lowest BCUT2D eigenvalue weighted by molar-refractivity contribution is 0.111. The molecule has 0 spiro atoms. The van der Waals surface area contributed by atoms with E-state index in [2.05, 4.69) is 11.9 Å². The van der Waals surface area contributed by atoms with Gasteiger partial charge in [-0.15, -0.1) is 0 Å². The summed E-state index contributed by atoms with van der Waals surface area (Å²) in [6.07, 6.45) is 4.12. The fourth-order valence-corrected chi connectivity index (χ4v) is 1.10. The van der Waals surface area contributed by atoms with Crippen LogP contribution >= 0.6 is 0 Å². The summed E-state index contributed by atoms with van der Waals surface area (Å²) in [5.41, 5.74) is 0.770. The van der Waals surface area contributed by atoms with Gasteiger partial charge in [-0.3, -0.25) is 0 Å². The van der Waals surface area contributed by atoms with Crippen LogP contribution in [0.15, 0.2) is 12.5 Å². The van der Waals surface area contributed by atoms with Crippen LogP contribution in [0, 0.1) is 5.92 Å². The molecule has 0 aliphatic carbocycles. The molecule has 1 aromatic heterocycles. The molecule has 12 heavy (non-hydrogen) atoms. The van der Waals surface area contributed by atoms with Crippen LogP contribution in [0.3, 0.4) is 0 Å². The Balaban J connectivity index is 2.70. The van der Waals surface area contributed by atoms with Gasteiger partial charge in [-0.2, -0.15) is 0 Å². The van der Waals surface area contributed by atoms with Gasteiger partial charge in [0.1, 0.15) is 6.10 Å². The lowest BCUT2D eigenvalue weighted by Crippen LogP contribution is -2.08. The Morgan fingerprint density at radius 3 is 2.75 bits per heavy atom. The second-order valence-electron chi connectivity index (χ2n) is 3.29. The maximum absolute atomic E-state index is 9.73. The van der Waals surface area contributed by atoms with Gasteiger partial charge in [0, 0.05) is 13.2 Å². The number of hydrogen-bond acceptors (Lipinski definition) is 2. The molecule has 1 heterocycles. The third-order valence-electron chi connectivity index (χ3n) is 2.21. The van der Waals surface area contributed by atoms with Crippen molar-refractivity contribution in [1.82, 2.24) is 9.55 Å². The highest BCUT2D eigenvalue weighted by atomic mass is 16.3. The topological polar surface area (TPSA) is 38.0 Å². The van der Waals surface area contributed by atoms with Crippen molar-refractivity contribution in [2.45, 2.75) is 26.4 Å². The standard InChI is InChI=1S/C9H16N2O/c1-4-7(2)9(12)8-5-11(3)6-10-8/h5-7,9,12H,4H2,1-3H3. The second-order valence-corrected chi connectivity index (χ2v) is 3.29. The molecule has 2 unspecified atom stereocenters. The Kier molecular flexibility index (Phi) is 2.87.